The molecule has 0 spiro atoms. The van der Waals surface area contributed by atoms with Crippen LogP contribution in [0.3, 0.4) is 0 Å². The molecule has 0 aromatic heterocycles. The standard InChI is InChI=1S/C24H27N3O2/c1-4-17-8-5-6-10-19(17)26-23(28)14-27-22-13-16(3)15(2)12-21(22)25-20-11-7-9-18(20)24(27)29/h5-6,8,10,12-13,18H,4,7,9,11,14H2,1-3H3,(H,26,28)/t18-/m0/s1. The average Bonchev–Trinajstić information content (AvgIpc) is 3.13. The van der Waals surface area contributed by atoms with Gasteiger partial charge in [0.05, 0.1) is 17.3 Å². The molecular weight excluding hydrogens is 362 g/mol. The van der Waals surface area contributed by atoms with E-state index < -0.39 is 0 Å². The van der Waals surface area contributed by atoms with Gasteiger partial charge >= 0.3 is 0 Å². The van der Waals surface area contributed by atoms with Crippen molar-refractivity contribution in [1.82, 2.24) is 0 Å². The molecule has 5 nitrogen and oxygen atoms in total. The monoisotopic (exact) mass is 389 g/mol. The molecule has 1 fully saturated rings. The number of hydrogen-bond acceptors (Lipinski definition) is 3. The van der Waals surface area contributed by atoms with Crippen molar-refractivity contribution in [3.8, 4) is 0 Å². The van der Waals surface area contributed by atoms with Gasteiger partial charge < -0.3 is 10.2 Å². The van der Waals surface area contributed by atoms with E-state index in [0.717, 1.165) is 65.1 Å². The van der Waals surface area contributed by atoms with Crippen molar-refractivity contribution in [2.24, 2.45) is 10.9 Å². The van der Waals surface area contributed by atoms with Gasteiger partial charge in [-0.05, 0) is 74.4 Å². The predicted molar refractivity (Wildman–Crippen MR) is 117 cm³/mol. The van der Waals surface area contributed by atoms with Crippen molar-refractivity contribution >= 4 is 34.6 Å². The first-order chi connectivity index (χ1) is 14.0. The Bertz CT molecular complexity index is 1010. The minimum Gasteiger partial charge on any atom is -0.324 e. The Morgan fingerprint density at radius 3 is 2.76 bits per heavy atom. The van der Waals surface area contributed by atoms with Gasteiger partial charge in [0.25, 0.3) is 0 Å². The lowest BCUT2D eigenvalue weighted by Crippen LogP contribution is -2.42. The van der Waals surface area contributed by atoms with Crippen LogP contribution < -0.4 is 10.2 Å². The first-order valence-corrected chi connectivity index (χ1v) is 10.4. The fraction of sp³-hybridized carbons (Fsp3) is 0.375. The van der Waals surface area contributed by atoms with Gasteiger partial charge in [-0.15, -0.1) is 0 Å². The van der Waals surface area contributed by atoms with Crippen molar-refractivity contribution < 1.29 is 9.59 Å². The van der Waals surface area contributed by atoms with Gasteiger partial charge in [-0.2, -0.15) is 0 Å². The maximum absolute atomic E-state index is 13.4. The molecule has 5 heteroatoms. The molecule has 2 amide bonds. The Morgan fingerprint density at radius 2 is 1.97 bits per heavy atom. The number of carbonyl (C=O) groups excluding carboxylic acids is 2. The Labute approximate surface area is 171 Å². The van der Waals surface area contributed by atoms with E-state index in [1.807, 2.05) is 50.2 Å². The minimum absolute atomic E-state index is 0.00825. The molecule has 0 unspecified atom stereocenters. The van der Waals surface area contributed by atoms with Crippen molar-refractivity contribution in [3.05, 3.63) is 53.1 Å². The summed E-state index contributed by atoms with van der Waals surface area (Å²) in [7, 11) is 0. The van der Waals surface area contributed by atoms with Crippen molar-refractivity contribution in [2.75, 3.05) is 16.8 Å². The van der Waals surface area contributed by atoms with Gasteiger partial charge in [0.2, 0.25) is 11.8 Å². The van der Waals surface area contributed by atoms with Gasteiger partial charge in [-0.1, -0.05) is 25.1 Å². The molecule has 1 aliphatic heterocycles. The molecule has 1 atom stereocenters. The SMILES string of the molecule is CCc1ccccc1NC(=O)CN1C(=O)[C@H]2CCCC2=Nc2cc(C)c(C)cc21. The Morgan fingerprint density at radius 1 is 1.21 bits per heavy atom. The molecule has 1 aliphatic carbocycles. The molecule has 2 aliphatic rings. The van der Waals surface area contributed by atoms with Crippen LogP contribution in [0.1, 0.15) is 42.9 Å². The third-order valence-electron chi connectivity index (χ3n) is 6.01. The molecule has 2 aromatic carbocycles. The van der Waals surface area contributed by atoms with E-state index >= 15 is 0 Å². The molecule has 1 saturated carbocycles. The second-order valence-electron chi connectivity index (χ2n) is 7.96. The minimum atomic E-state index is -0.209. The summed E-state index contributed by atoms with van der Waals surface area (Å²) in [5, 5.41) is 3.00. The van der Waals surface area contributed by atoms with Crippen LogP contribution in [-0.2, 0) is 16.0 Å². The van der Waals surface area contributed by atoms with Crippen molar-refractivity contribution in [3.63, 3.8) is 0 Å². The quantitative estimate of drug-likeness (QED) is 0.822. The highest BCUT2D eigenvalue weighted by atomic mass is 16.2. The van der Waals surface area contributed by atoms with Gasteiger partial charge in [0, 0.05) is 11.4 Å². The highest BCUT2D eigenvalue weighted by Gasteiger charge is 2.37. The number of carbonyl (C=O) groups is 2. The van der Waals surface area contributed by atoms with Crippen molar-refractivity contribution in [2.45, 2.75) is 46.5 Å². The highest BCUT2D eigenvalue weighted by Crippen LogP contribution is 2.39. The molecule has 0 saturated heterocycles. The fourth-order valence-corrected chi connectivity index (χ4v) is 4.23. The van der Waals surface area contributed by atoms with Gasteiger partial charge in [0.1, 0.15) is 6.54 Å². The summed E-state index contributed by atoms with van der Waals surface area (Å²) in [6.45, 7) is 6.12. The number of rotatable bonds is 4. The van der Waals surface area contributed by atoms with Crippen LogP contribution in [0.5, 0.6) is 0 Å². The zero-order chi connectivity index (χ0) is 20.5. The largest absolute Gasteiger partial charge is 0.324 e. The first-order valence-electron chi connectivity index (χ1n) is 10.4. The molecule has 150 valence electrons. The van der Waals surface area contributed by atoms with Crippen LogP contribution in [-0.4, -0.2) is 24.1 Å². The number of amides is 2. The third-order valence-corrected chi connectivity index (χ3v) is 6.01. The Kier molecular flexibility index (Phi) is 5.22. The molecule has 1 heterocycles. The number of nitrogens with one attached hydrogen (secondary N) is 1. The second-order valence-corrected chi connectivity index (χ2v) is 7.96. The summed E-state index contributed by atoms with van der Waals surface area (Å²) in [6, 6.07) is 11.8. The Hall–Kier alpha value is -2.95. The number of aliphatic imine (C=N–C) groups is 1. The summed E-state index contributed by atoms with van der Waals surface area (Å²) in [4.78, 5) is 32.8. The fourth-order valence-electron chi connectivity index (χ4n) is 4.23. The summed E-state index contributed by atoms with van der Waals surface area (Å²) in [5.74, 6) is -0.411. The zero-order valence-electron chi connectivity index (χ0n) is 17.3. The topological polar surface area (TPSA) is 61.8 Å². The number of anilines is 2. The maximum atomic E-state index is 13.4. The predicted octanol–water partition coefficient (Wildman–Crippen LogP) is 4.72. The molecule has 29 heavy (non-hydrogen) atoms. The molecule has 0 bridgehead atoms. The Balaban J connectivity index is 1.67. The number of benzene rings is 2. The summed E-state index contributed by atoms with van der Waals surface area (Å²) in [5.41, 5.74) is 6.60. The van der Waals surface area contributed by atoms with Crippen LogP contribution in [0.4, 0.5) is 17.1 Å². The van der Waals surface area contributed by atoms with E-state index in [0.29, 0.717) is 0 Å². The van der Waals surface area contributed by atoms with E-state index in [1.165, 1.54) is 0 Å². The number of aryl methyl sites for hydroxylation is 3. The van der Waals surface area contributed by atoms with Crippen LogP contribution in [0.2, 0.25) is 0 Å². The molecule has 0 radical (unpaired) electrons. The van der Waals surface area contributed by atoms with Crippen LogP contribution in [0.15, 0.2) is 41.4 Å². The third kappa shape index (κ3) is 3.69. The average molecular weight is 389 g/mol. The smallest absolute Gasteiger partial charge is 0.244 e. The zero-order valence-corrected chi connectivity index (χ0v) is 17.3. The normalized spacial score (nSPS) is 18.0. The number of fused-ring (bicyclic) bond motifs is 2. The van der Waals surface area contributed by atoms with Crippen LogP contribution in [0, 0.1) is 19.8 Å². The lowest BCUT2D eigenvalue weighted by molar-refractivity contribution is -0.122. The molecule has 4 rings (SSSR count). The van der Waals surface area contributed by atoms with Crippen LogP contribution in [0.25, 0.3) is 0 Å². The second kappa shape index (κ2) is 7.82. The van der Waals surface area contributed by atoms with Gasteiger partial charge in [0.15, 0.2) is 0 Å². The van der Waals surface area contributed by atoms with Crippen molar-refractivity contribution in [1.29, 1.82) is 0 Å². The van der Waals surface area contributed by atoms with E-state index in [-0.39, 0.29) is 24.3 Å². The van der Waals surface area contributed by atoms with E-state index in [2.05, 4.69) is 12.2 Å². The van der Waals surface area contributed by atoms with Gasteiger partial charge in [-0.25, -0.2) is 0 Å². The lowest BCUT2D eigenvalue weighted by atomic mass is 10.0. The summed E-state index contributed by atoms with van der Waals surface area (Å²) >= 11 is 0. The maximum Gasteiger partial charge on any atom is 0.244 e. The number of para-hydroxylation sites is 1. The molecular formula is C24H27N3O2. The molecule has 2 aromatic rings. The summed E-state index contributed by atoms with van der Waals surface area (Å²) in [6.07, 6.45) is 3.46. The van der Waals surface area contributed by atoms with Gasteiger partial charge in [-0.3, -0.25) is 14.6 Å². The first kappa shape index (κ1) is 19.4. The van der Waals surface area contributed by atoms with Crippen LogP contribution >= 0.6 is 0 Å². The van der Waals surface area contributed by atoms with E-state index in [9.17, 15) is 9.59 Å². The summed E-state index contributed by atoms with van der Waals surface area (Å²) < 4.78 is 0. The number of hydrogen-bond donors (Lipinski definition) is 1. The molecule has 1 N–H and O–H groups in total. The lowest BCUT2D eigenvalue weighted by Gasteiger charge is -2.25. The van der Waals surface area contributed by atoms with E-state index in [1.54, 1.807) is 4.90 Å². The highest BCUT2D eigenvalue weighted by molar-refractivity contribution is 6.17. The number of nitrogens with zero attached hydrogens (tertiary/aromatic N) is 2. The van der Waals surface area contributed by atoms with E-state index in [4.69, 9.17) is 4.99 Å².